The van der Waals surface area contributed by atoms with Crippen LogP contribution in [0.15, 0.2) is 58.7 Å². The number of nitro groups is 1. The Morgan fingerprint density at radius 3 is 2.48 bits per heavy atom. The topological polar surface area (TPSA) is 97.0 Å². The number of amides is 1. The van der Waals surface area contributed by atoms with Gasteiger partial charge in [-0.2, -0.15) is 5.10 Å². The first-order valence-corrected chi connectivity index (χ1v) is 10.3. The summed E-state index contributed by atoms with van der Waals surface area (Å²) in [5.41, 5.74) is 3.15. The first-order chi connectivity index (χ1) is 14.0. The van der Waals surface area contributed by atoms with Crippen LogP contribution in [-0.4, -0.2) is 27.5 Å². The van der Waals surface area contributed by atoms with Crippen molar-refractivity contribution in [2.75, 3.05) is 0 Å². The predicted octanol–water partition coefficient (Wildman–Crippen LogP) is 4.10. The first-order valence-electron chi connectivity index (χ1n) is 9.46. The Labute approximate surface area is 173 Å². The summed E-state index contributed by atoms with van der Waals surface area (Å²) in [7, 11) is 0. The van der Waals surface area contributed by atoms with E-state index in [1.54, 1.807) is 12.1 Å². The smallest absolute Gasteiger partial charge is 0.269 e. The molecule has 1 fully saturated rings. The number of non-ortho nitro benzene ring substituents is 1. The third-order valence-electron chi connectivity index (χ3n) is 4.50. The minimum Gasteiger partial charge on any atom is -0.303 e. The zero-order chi connectivity index (χ0) is 20.6. The number of thioether (sulfide) groups is 1. The van der Waals surface area contributed by atoms with E-state index in [2.05, 4.69) is 46.7 Å². The Hall–Kier alpha value is -3.00. The molecule has 3 rings (SSSR count). The fourth-order valence-corrected chi connectivity index (χ4v) is 3.82. The summed E-state index contributed by atoms with van der Waals surface area (Å²) in [6.07, 6.45) is 5.57. The second-order valence-electron chi connectivity index (χ2n) is 6.72. The maximum Gasteiger partial charge on any atom is 0.269 e. The molecule has 1 aliphatic heterocycles. The minimum atomic E-state index is -0.454. The van der Waals surface area contributed by atoms with Gasteiger partial charge in [0.05, 0.1) is 16.4 Å². The van der Waals surface area contributed by atoms with Crippen molar-refractivity contribution in [3.8, 4) is 0 Å². The van der Waals surface area contributed by atoms with E-state index in [4.69, 9.17) is 0 Å². The van der Waals surface area contributed by atoms with Crippen LogP contribution in [0.4, 0.5) is 5.69 Å². The van der Waals surface area contributed by atoms with Gasteiger partial charge in [-0.1, -0.05) is 49.4 Å². The molecule has 1 saturated heterocycles. The summed E-state index contributed by atoms with van der Waals surface area (Å²) < 4.78 is 0. The maximum atomic E-state index is 12.2. The zero-order valence-electron chi connectivity index (χ0n) is 16.1. The van der Waals surface area contributed by atoms with Crippen molar-refractivity contribution in [2.45, 2.75) is 37.9 Å². The predicted molar refractivity (Wildman–Crippen MR) is 116 cm³/mol. The summed E-state index contributed by atoms with van der Waals surface area (Å²) in [5.74, 6) is -0.0747. The molecule has 1 heterocycles. The van der Waals surface area contributed by atoms with Crippen LogP contribution in [0, 0.1) is 10.1 Å². The number of hydrogen-bond acceptors (Lipinski definition) is 6. The van der Waals surface area contributed by atoms with E-state index in [0.717, 1.165) is 12.0 Å². The van der Waals surface area contributed by atoms with E-state index in [0.29, 0.717) is 17.2 Å². The highest BCUT2D eigenvalue weighted by atomic mass is 32.2. The van der Waals surface area contributed by atoms with Crippen LogP contribution in [0.5, 0.6) is 0 Å². The number of rotatable bonds is 8. The molecule has 1 N–H and O–H groups in total. The molecule has 29 heavy (non-hydrogen) atoms. The lowest BCUT2D eigenvalue weighted by molar-refractivity contribution is -0.384. The molecule has 7 nitrogen and oxygen atoms in total. The normalized spacial score (nSPS) is 17.8. The SMILES string of the molecule is CCCCc1ccc(C[C@H]2S/C(=N/N=C\c3ccc([N+](=O)[O-])cc3)NC2=O)cc1. The molecule has 2 aromatic carbocycles. The van der Waals surface area contributed by atoms with E-state index in [1.807, 2.05) is 0 Å². The fourth-order valence-electron chi connectivity index (χ4n) is 2.85. The minimum absolute atomic E-state index is 0.0216. The molecule has 0 radical (unpaired) electrons. The van der Waals surface area contributed by atoms with E-state index >= 15 is 0 Å². The summed E-state index contributed by atoms with van der Waals surface area (Å²) in [6, 6.07) is 14.4. The van der Waals surface area contributed by atoms with Crippen LogP contribution in [-0.2, 0) is 17.6 Å². The summed E-state index contributed by atoms with van der Waals surface area (Å²) in [4.78, 5) is 22.4. The lowest BCUT2D eigenvalue weighted by atomic mass is 10.0. The second-order valence-corrected chi connectivity index (χ2v) is 7.91. The number of nitrogens with one attached hydrogen (secondary N) is 1. The van der Waals surface area contributed by atoms with Crippen molar-refractivity contribution in [2.24, 2.45) is 10.2 Å². The van der Waals surface area contributed by atoms with Crippen molar-refractivity contribution in [1.82, 2.24) is 5.32 Å². The van der Waals surface area contributed by atoms with Crippen LogP contribution in [0.2, 0.25) is 0 Å². The molecular formula is C21H22N4O3S. The number of carbonyl (C=O) groups excluding carboxylic acids is 1. The van der Waals surface area contributed by atoms with Gasteiger partial charge in [-0.05, 0) is 48.1 Å². The van der Waals surface area contributed by atoms with Gasteiger partial charge >= 0.3 is 0 Å². The standard InChI is InChI=1S/C21H22N4O3S/c1-2-3-4-15-5-7-16(8-6-15)13-19-20(26)23-21(29-19)24-22-14-17-9-11-18(12-10-17)25(27)28/h5-12,14,19H,2-4,13H2,1H3,(H,23,24,26)/b22-14-/t19-/m1/s1. The quantitative estimate of drug-likeness (QED) is 0.402. The molecule has 0 spiro atoms. The summed E-state index contributed by atoms with van der Waals surface area (Å²) >= 11 is 1.36. The van der Waals surface area contributed by atoms with Crippen LogP contribution in [0.3, 0.4) is 0 Å². The number of unbranched alkanes of at least 4 members (excludes halogenated alkanes) is 1. The van der Waals surface area contributed by atoms with E-state index < -0.39 is 4.92 Å². The van der Waals surface area contributed by atoms with Crippen LogP contribution in [0.1, 0.15) is 36.5 Å². The molecule has 0 bridgehead atoms. The van der Waals surface area contributed by atoms with Crippen molar-refractivity contribution in [1.29, 1.82) is 0 Å². The lowest BCUT2D eigenvalue weighted by Gasteiger charge is -2.06. The average Bonchev–Trinajstić information content (AvgIpc) is 3.07. The van der Waals surface area contributed by atoms with E-state index in [1.165, 1.54) is 48.5 Å². The number of benzene rings is 2. The molecule has 0 saturated carbocycles. The molecule has 0 unspecified atom stereocenters. The third kappa shape index (κ3) is 5.99. The van der Waals surface area contributed by atoms with Crippen molar-refractivity contribution < 1.29 is 9.72 Å². The van der Waals surface area contributed by atoms with Crippen molar-refractivity contribution in [3.63, 3.8) is 0 Å². The molecular weight excluding hydrogens is 388 g/mol. The fraction of sp³-hybridized carbons (Fsp3) is 0.286. The van der Waals surface area contributed by atoms with E-state index in [-0.39, 0.29) is 16.8 Å². The van der Waals surface area contributed by atoms with Gasteiger partial charge in [0, 0.05) is 12.1 Å². The number of hydrogen-bond donors (Lipinski definition) is 1. The van der Waals surface area contributed by atoms with Gasteiger partial charge in [0.15, 0.2) is 5.17 Å². The summed E-state index contributed by atoms with van der Waals surface area (Å²) in [6.45, 7) is 2.18. The molecule has 150 valence electrons. The van der Waals surface area contributed by atoms with Gasteiger partial charge in [-0.25, -0.2) is 0 Å². The largest absolute Gasteiger partial charge is 0.303 e. The molecule has 8 heteroatoms. The first kappa shape index (κ1) is 20.7. The molecule has 2 aromatic rings. The molecule has 0 aliphatic carbocycles. The highest BCUT2D eigenvalue weighted by Gasteiger charge is 2.30. The number of carbonyl (C=O) groups is 1. The van der Waals surface area contributed by atoms with Gasteiger partial charge in [0.2, 0.25) is 5.91 Å². The Balaban J connectivity index is 1.55. The second kappa shape index (κ2) is 9.97. The highest BCUT2D eigenvalue weighted by Crippen LogP contribution is 2.23. The monoisotopic (exact) mass is 410 g/mol. The van der Waals surface area contributed by atoms with Crippen LogP contribution < -0.4 is 5.32 Å². The van der Waals surface area contributed by atoms with Gasteiger partial charge in [0.25, 0.3) is 5.69 Å². The third-order valence-corrected chi connectivity index (χ3v) is 5.57. The van der Waals surface area contributed by atoms with Gasteiger partial charge in [0.1, 0.15) is 0 Å². The number of nitro benzene ring substituents is 1. The number of amidine groups is 1. The zero-order valence-corrected chi connectivity index (χ0v) is 16.9. The van der Waals surface area contributed by atoms with E-state index in [9.17, 15) is 14.9 Å². The molecule has 1 aliphatic rings. The van der Waals surface area contributed by atoms with Gasteiger partial charge in [-0.15, -0.1) is 5.10 Å². The lowest BCUT2D eigenvalue weighted by Crippen LogP contribution is -2.25. The van der Waals surface area contributed by atoms with Gasteiger partial charge in [-0.3, -0.25) is 14.9 Å². The summed E-state index contributed by atoms with van der Waals surface area (Å²) in [5, 5.41) is 21.6. The number of nitrogens with zero attached hydrogens (tertiary/aromatic N) is 3. The molecule has 1 atom stereocenters. The van der Waals surface area contributed by atoms with Crippen molar-refractivity contribution >= 4 is 34.7 Å². The van der Waals surface area contributed by atoms with Crippen LogP contribution >= 0.6 is 11.8 Å². The van der Waals surface area contributed by atoms with Crippen molar-refractivity contribution in [3.05, 3.63) is 75.3 Å². The highest BCUT2D eigenvalue weighted by molar-refractivity contribution is 8.15. The maximum absolute atomic E-state index is 12.2. The average molecular weight is 410 g/mol. The van der Waals surface area contributed by atoms with Crippen LogP contribution in [0.25, 0.3) is 0 Å². The Kier molecular flexibility index (Phi) is 7.13. The Bertz CT molecular complexity index is 924. The molecule has 1 amide bonds. The number of aryl methyl sites for hydroxylation is 1. The Morgan fingerprint density at radius 1 is 1.14 bits per heavy atom. The Morgan fingerprint density at radius 2 is 1.83 bits per heavy atom. The molecule has 0 aromatic heterocycles. The van der Waals surface area contributed by atoms with Gasteiger partial charge < -0.3 is 5.32 Å².